The van der Waals surface area contributed by atoms with Gasteiger partial charge >= 0.3 is 0 Å². The largest absolute Gasteiger partial charge is 0.338 e. The van der Waals surface area contributed by atoms with Crippen LogP contribution in [0.25, 0.3) is 22.4 Å². The minimum atomic E-state index is -0.520. The number of anilines is 1. The molecule has 4 rings (SSSR count). The third-order valence-corrected chi connectivity index (χ3v) is 6.11. The van der Waals surface area contributed by atoms with E-state index in [1.54, 1.807) is 0 Å². The summed E-state index contributed by atoms with van der Waals surface area (Å²) in [6.45, 7) is 9.03. The van der Waals surface area contributed by atoms with Gasteiger partial charge in [-0.25, -0.2) is 4.98 Å². The first-order chi connectivity index (χ1) is 13.3. The minimum Gasteiger partial charge on any atom is -0.338 e. The van der Waals surface area contributed by atoms with E-state index in [0.717, 1.165) is 64.4 Å². The molecule has 0 fully saturated rings. The molecule has 3 aromatic rings. The van der Waals surface area contributed by atoms with Crippen molar-refractivity contribution in [1.82, 2.24) is 9.97 Å². The van der Waals surface area contributed by atoms with E-state index in [-0.39, 0.29) is 5.91 Å². The number of aryl methyl sites for hydroxylation is 1. The molecule has 1 aliphatic heterocycles. The quantitative estimate of drug-likeness (QED) is 0.435. The Morgan fingerprint density at radius 1 is 1.18 bits per heavy atom. The lowest BCUT2D eigenvalue weighted by atomic mass is 9.86. The summed E-state index contributed by atoms with van der Waals surface area (Å²) < 4.78 is 0. The predicted octanol–water partition coefficient (Wildman–Crippen LogP) is 5.64. The second-order valence-corrected chi connectivity index (χ2v) is 8.76. The van der Waals surface area contributed by atoms with Gasteiger partial charge in [-0.1, -0.05) is 25.8 Å². The first-order valence-corrected chi connectivity index (χ1v) is 10.4. The molecule has 2 heterocycles. The number of nitrogens with zero attached hydrogens (tertiary/aromatic N) is 2. The molecule has 0 saturated carbocycles. The van der Waals surface area contributed by atoms with Crippen LogP contribution in [0.4, 0.5) is 5.69 Å². The molecule has 0 atom stereocenters. The average molecular weight is 394 g/mol. The molecule has 0 aliphatic carbocycles. The van der Waals surface area contributed by atoms with E-state index in [0.29, 0.717) is 0 Å². The van der Waals surface area contributed by atoms with E-state index in [1.807, 2.05) is 30.9 Å². The number of H-pyrrole nitrogens is 1. The number of imidazole rings is 1. The molecule has 1 amide bonds. The Morgan fingerprint density at radius 2 is 1.96 bits per heavy atom. The fraction of sp³-hybridized carbons (Fsp3) is 0.391. The molecule has 0 bridgehead atoms. The van der Waals surface area contributed by atoms with Gasteiger partial charge in [0.25, 0.3) is 0 Å². The monoisotopic (exact) mass is 393 g/mol. The molecule has 146 valence electrons. The Bertz CT molecular complexity index is 1070. The number of amides is 1. The van der Waals surface area contributed by atoms with Gasteiger partial charge in [-0.05, 0) is 62.6 Å². The van der Waals surface area contributed by atoms with Crippen LogP contribution in [0.3, 0.4) is 0 Å². The first kappa shape index (κ1) is 19.1. The maximum Gasteiger partial charge on any atom is 0.237 e. The number of hydrogen-bond donors (Lipinski definition) is 2. The van der Waals surface area contributed by atoms with Crippen molar-refractivity contribution in [3.8, 4) is 11.4 Å². The third-order valence-electron chi connectivity index (χ3n) is 5.74. The highest BCUT2D eigenvalue weighted by Gasteiger charge is 2.44. The van der Waals surface area contributed by atoms with Crippen LogP contribution in [0, 0.1) is 6.92 Å². The van der Waals surface area contributed by atoms with Gasteiger partial charge in [0, 0.05) is 17.0 Å². The maximum absolute atomic E-state index is 13.0. The standard InChI is InChI=1S/C23H27N3OS/c1-5-6-7-10-26-19-13-18-17(12-16(19)23(3,4)22(26)27)24-21(25-18)15-9-8-14(2)11-20(15)28/h8-9,11-13,28H,5-7,10H2,1-4H3,(H,24,25). The number of aromatic nitrogens is 2. The molecular formula is C23H27N3OS. The third kappa shape index (κ3) is 3.02. The summed E-state index contributed by atoms with van der Waals surface area (Å²) in [6.07, 6.45) is 3.30. The second kappa shape index (κ2) is 6.96. The summed E-state index contributed by atoms with van der Waals surface area (Å²) in [5.74, 6) is 0.994. The van der Waals surface area contributed by atoms with Gasteiger partial charge < -0.3 is 9.88 Å². The van der Waals surface area contributed by atoms with Gasteiger partial charge in [-0.2, -0.15) is 0 Å². The molecule has 0 unspecified atom stereocenters. The zero-order valence-corrected chi connectivity index (χ0v) is 17.9. The maximum atomic E-state index is 13.0. The predicted molar refractivity (Wildman–Crippen MR) is 118 cm³/mol. The lowest BCUT2D eigenvalue weighted by Gasteiger charge is -2.20. The van der Waals surface area contributed by atoms with Crippen molar-refractivity contribution in [2.75, 3.05) is 11.4 Å². The van der Waals surface area contributed by atoms with Gasteiger partial charge in [-0.3, -0.25) is 4.79 Å². The van der Waals surface area contributed by atoms with E-state index in [4.69, 9.17) is 4.98 Å². The number of benzene rings is 2. The summed E-state index contributed by atoms with van der Waals surface area (Å²) in [4.78, 5) is 24.1. The van der Waals surface area contributed by atoms with Crippen molar-refractivity contribution in [2.24, 2.45) is 0 Å². The van der Waals surface area contributed by atoms with Crippen molar-refractivity contribution in [2.45, 2.75) is 57.3 Å². The van der Waals surface area contributed by atoms with Crippen LogP contribution >= 0.6 is 12.6 Å². The zero-order chi connectivity index (χ0) is 20.1. The number of hydrogen-bond acceptors (Lipinski definition) is 3. The highest BCUT2D eigenvalue weighted by molar-refractivity contribution is 7.80. The topological polar surface area (TPSA) is 49.0 Å². The Morgan fingerprint density at radius 3 is 2.68 bits per heavy atom. The molecule has 2 aromatic carbocycles. The van der Waals surface area contributed by atoms with Gasteiger partial charge in [0.15, 0.2) is 0 Å². The van der Waals surface area contributed by atoms with Crippen molar-refractivity contribution in [1.29, 1.82) is 0 Å². The highest BCUT2D eigenvalue weighted by atomic mass is 32.1. The summed E-state index contributed by atoms with van der Waals surface area (Å²) >= 11 is 4.62. The van der Waals surface area contributed by atoms with Crippen molar-refractivity contribution < 1.29 is 4.79 Å². The van der Waals surface area contributed by atoms with Crippen LogP contribution in [0.15, 0.2) is 35.2 Å². The van der Waals surface area contributed by atoms with E-state index >= 15 is 0 Å². The molecule has 0 saturated heterocycles. The van der Waals surface area contributed by atoms with Crippen LogP contribution in [-0.2, 0) is 10.2 Å². The lowest BCUT2D eigenvalue weighted by Crippen LogP contribution is -2.36. The average Bonchev–Trinajstić information content (AvgIpc) is 3.13. The number of aromatic amines is 1. The summed E-state index contributed by atoms with van der Waals surface area (Å²) in [7, 11) is 0. The number of fused-ring (bicyclic) bond motifs is 2. The Kier molecular flexibility index (Phi) is 4.74. The Labute approximate surface area is 171 Å². The molecule has 4 nitrogen and oxygen atoms in total. The Balaban J connectivity index is 1.79. The van der Waals surface area contributed by atoms with Crippen LogP contribution in [-0.4, -0.2) is 22.4 Å². The normalized spacial score (nSPS) is 15.5. The summed E-state index contributed by atoms with van der Waals surface area (Å²) in [5, 5.41) is 0. The van der Waals surface area contributed by atoms with E-state index in [1.165, 1.54) is 5.56 Å². The number of rotatable bonds is 5. The van der Waals surface area contributed by atoms with Gasteiger partial charge in [0.2, 0.25) is 5.91 Å². The number of carbonyl (C=O) groups is 1. The van der Waals surface area contributed by atoms with Crippen molar-refractivity contribution in [3.63, 3.8) is 0 Å². The molecular weight excluding hydrogens is 366 g/mol. The smallest absolute Gasteiger partial charge is 0.237 e. The van der Waals surface area contributed by atoms with E-state index < -0.39 is 5.41 Å². The number of carbonyl (C=O) groups excluding carboxylic acids is 1. The number of thiol groups is 1. The Hall–Kier alpha value is -2.27. The molecule has 0 spiro atoms. The van der Waals surface area contributed by atoms with E-state index in [9.17, 15) is 4.79 Å². The molecule has 28 heavy (non-hydrogen) atoms. The fourth-order valence-electron chi connectivity index (χ4n) is 4.04. The van der Waals surface area contributed by atoms with Crippen molar-refractivity contribution in [3.05, 3.63) is 41.5 Å². The molecule has 1 aromatic heterocycles. The number of unbranched alkanes of at least 4 members (excludes halogenated alkanes) is 2. The van der Waals surface area contributed by atoms with E-state index in [2.05, 4.69) is 49.7 Å². The van der Waals surface area contributed by atoms with Gasteiger partial charge in [0.1, 0.15) is 5.82 Å². The van der Waals surface area contributed by atoms with Crippen LogP contribution < -0.4 is 4.90 Å². The zero-order valence-electron chi connectivity index (χ0n) is 17.0. The van der Waals surface area contributed by atoms with Crippen LogP contribution in [0.1, 0.15) is 51.2 Å². The first-order valence-electron chi connectivity index (χ1n) is 9.99. The van der Waals surface area contributed by atoms with Crippen LogP contribution in [0.2, 0.25) is 0 Å². The number of nitrogens with one attached hydrogen (secondary N) is 1. The summed E-state index contributed by atoms with van der Waals surface area (Å²) in [6, 6.07) is 10.3. The molecule has 1 aliphatic rings. The summed E-state index contributed by atoms with van der Waals surface area (Å²) in [5.41, 5.74) is 5.56. The highest BCUT2D eigenvalue weighted by Crippen LogP contribution is 2.43. The second-order valence-electron chi connectivity index (χ2n) is 8.28. The minimum absolute atomic E-state index is 0.183. The van der Waals surface area contributed by atoms with Gasteiger partial charge in [0.05, 0.1) is 22.1 Å². The van der Waals surface area contributed by atoms with Gasteiger partial charge in [-0.15, -0.1) is 12.6 Å². The fourth-order valence-corrected chi connectivity index (χ4v) is 4.43. The SMILES string of the molecule is CCCCCN1C(=O)C(C)(C)c2cc3nc(-c4ccc(C)cc4S)[nH]c3cc21. The van der Waals surface area contributed by atoms with Crippen LogP contribution in [0.5, 0.6) is 0 Å². The lowest BCUT2D eigenvalue weighted by molar-refractivity contribution is -0.122. The van der Waals surface area contributed by atoms with Crippen molar-refractivity contribution >= 4 is 35.3 Å². The molecule has 5 heteroatoms. The molecule has 0 radical (unpaired) electrons. The molecule has 1 N–H and O–H groups in total.